The third-order valence-electron chi connectivity index (χ3n) is 2.89. The molecule has 1 unspecified atom stereocenters. The van der Waals surface area contributed by atoms with E-state index in [1.165, 1.54) is 6.07 Å². The third-order valence-corrected chi connectivity index (χ3v) is 2.89. The first kappa shape index (κ1) is 13.3. The van der Waals surface area contributed by atoms with Crippen LogP contribution in [-0.4, -0.2) is 30.0 Å². The number of hydrogen-bond donors (Lipinski definition) is 2. The fourth-order valence-electron chi connectivity index (χ4n) is 1.89. The molecule has 0 aromatic heterocycles. The minimum atomic E-state index is -4.50. The SMILES string of the molecule is N#CC(CNCC1(O)CCCC1)C(F)(F)F. The lowest BCUT2D eigenvalue weighted by Gasteiger charge is -2.23. The number of hydrogen-bond acceptors (Lipinski definition) is 3. The van der Waals surface area contributed by atoms with Crippen LogP contribution in [0.15, 0.2) is 0 Å². The van der Waals surface area contributed by atoms with Crippen LogP contribution in [0.2, 0.25) is 0 Å². The van der Waals surface area contributed by atoms with Crippen molar-refractivity contribution in [1.82, 2.24) is 5.32 Å². The second-order valence-electron chi connectivity index (χ2n) is 4.29. The summed E-state index contributed by atoms with van der Waals surface area (Å²) in [4.78, 5) is 0. The minimum absolute atomic E-state index is 0.126. The monoisotopic (exact) mass is 236 g/mol. The highest BCUT2D eigenvalue weighted by Crippen LogP contribution is 2.29. The van der Waals surface area contributed by atoms with E-state index >= 15 is 0 Å². The molecule has 1 aliphatic rings. The van der Waals surface area contributed by atoms with E-state index in [4.69, 9.17) is 5.26 Å². The minimum Gasteiger partial charge on any atom is -0.389 e. The summed E-state index contributed by atoms with van der Waals surface area (Å²) in [6, 6.07) is 1.21. The Labute approximate surface area is 92.3 Å². The molecule has 1 aliphatic carbocycles. The van der Waals surface area contributed by atoms with Gasteiger partial charge in [0, 0.05) is 13.1 Å². The molecule has 0 radical (unpaired) electrons. The molecule has 92 valence electrons. The summed E-state index contributed by atoms with van der Waals surface area (Å²) in [5.41, 5.74) is -0.883. The van der Waals surface area contributed by atoms with Gasteiger partial charge in [-0.2, -0.15) is 18.4 Å². The molecule has 6 heteroatoms. The lowest BCUT2D eigenvalue weighted by Crippen LogP contribution is -2.42. The van der Waals surface area contributed by atoms with Gasteiger partial charge in [0.2, 0.25) is 0 Å². The molecule has 3 nitrogen and oxygen atoms in total. The molecule has 0 heterocycles. The molecule has 1 fully saturated rings. The van der Waals surface area contributed by atoms with E-state index in [0.29, 0.717) is 12.8 Å². The Morgan fingerprint density at radius 1 is 1.38 bits per heavy atom. The van der Waals surface area contributed by atoms with Gasteiger partial charge in [0.25, 0.3) is 0 Å². The van der Waals surface area contributed by atoms with Crippen molar-refractivity contribution in [3.8, 4) is 6.07 Å². The maximum absolute atomic E-state index is 12.2. The standard InChI is InChI=1S/C10H15F3N2O/c11-10(12,13)8(5-14)6-15-7-9(16)3-1-2-4-9/h8,15-16H,1-4,6-7H2. The fourth-order valence-corrected chi connectivity index (χ4v) is 1.89. The maximum atomic E-state index is 12.2. The number of rotatable bonds is 4. The van der Waals surface area contributed by atoms with Crippen LogP contribution in [0, 0.1) is 17.2 Å². The van der Waals surface area contributed by atoms with Crippen molar-refractivity contribution in [3.63, 3.8) is 0 Å². The Morgan fingerprint density at radius 3 is 2.38 bits per heavy atom. The molecule has 1 atom stereocenters. The smallest absolute Gasteiger partial charge is 0.389 e. The normalized spacial score (nSPS) is 21.7. The number of nitrogens with one attached hydrogen (secondary N) is 1. The third kappa shape index (κ3) is 3.65. The summed E-state index contributed by atoms with van der Waals surface area (Å²) in [6.45, 7) is -0.330. The summed E-state index contributed by atoms with van der Waals surface area (Å²) >= 11 is 0. The average molecular weight is 236 g/mol. The first-order valence-corrected chi connectivity index (χ1v) is 5.27. The zero-order valence-corrected chi connectivity index (χ0v) is 8.85. The van der Waals surface area contributed by atoms with Crippen LogP contribution in [0.25, 0.3) is 0 Å². The Hall–Kier alpha value is -0.800. The Bertz CT molecular complexity index is 266. The molecule has 0 aliphatic heterocycles. The van der Waals surface area contributed by atoms with Crippen LogP contribution in [0.3, 0.4) is 0 Å². The van der Waals surface area contributed by atoms with Gasteiger partial charge >= 0.3 is 6.18 Å². The molecule has 0 saturated heterocycles. The maximum Gasteiger partial charge on any atom is 0.405 e. The van der Waals surface area contributed by atoms with E-state index in [1.54, 1.807) is 0 Å². The molecule has 0 amide bonds. The van der Waals surface area contributed by atoms with Crippen molar-refractivity contribution in [2.75, 3.05) is 13.1 Å². The van der Waals surface area contributed by atoms with E-state index in [1.807, 2.05) is 0 Å². The van der Waals surface area contributed by atoms with E-state index in [0.717, 1.165) is 12.8 Å². The highest BCUT2D eigenvalue weighted by Gasteiger charge is 2.40. The van der Waals surface area contributed by atoms with Crippen LogP contribution < -0.4 is 5.32 Å². The molecular weight excluding hydrogens is 221 g/mol. The van der Waals surface area contributed by atoms with Crippen LogP contribution in [0.5, 0.6) is 0 Å². The number of aliphatic hydroxyl groups is 1. The lowest BCUT2D eigenvalue weighted by molar-refractivity contribution is -0.158. The van der Waals surface area contributed by atoms with Gasteiger partial charge in [-0.1, -0.05) is 12.8 Å². The van der Waals surface area contributed by atoms with Crippen molar-refractivity contribution in [1.29, 1.82) is 5.26 Å². The summed E-state index contributed by atoms with van der Waals surface area (Å²) in [5, 5.41) is 20.7. The Kier molecular flexibility index (Phi) is 4.16. The van der Waals surface area contributed by atoms with E-state index in [-0.39, 0.29) is 6.54 Å². The highest BCUT2D eigenvalue weighted by atomic mass is 19.4. The summed E-state index contributed by atoms with van der Waals surface area (Å²) in [5.74, 6) is -2.00. The van der Waals surface area contributed by atoms with Gasteiger partial charge in [-0.15, -0.1) is 0 Å². The fraction of sp³-hybridized carbons (Fsp3) is 0.900. The van der Waals surface area contributed by atoms with Gasteiger partial charge in [-0.25, -0.2) is 0 Å². The first-order chi connectivity index (χ1) is 7.37. The molecule has 2 N–H and O–H groups in total. The van der Waals surface area contributed by atoms with Crippen molar-refractivity contribution >= 4 is 0 Å². The van der Waals surface area contributed by atoms with E-state index < -0.39 is 24.2 Å². The number of halogens is 3. The Balaban J connectivity index is 2.32. The van der Waals surface area contributed by atoms with E-state index in [9.17, 15) is 18.3 Å². The van der Waals surface area contributed by atoms with Crippen LogP contribution >= 0.6 is 0 Å². The molecule has 0 bridgehead atoms. The van der Waals surface area contributed by atoms with Crippen molar-refractivity contribution in [2.45, 2.75) is 37.5 Å². The second kappa shape index (κ2) is 5.02. The second-order valence-corrected chi connectivity index (χ2v) is 4.29. The number of nitrogens with zero attached hydrogens (tertiary/aromatic N) is 1. The van der Waals surface area contributed by atoms with Gasteiger partial charge in [-0.3, -0.25) is 0 Å². The molecule has 1 rings (SSSR count). The summed E-state index contributed by atoms with van der Waals surface area (Å²) in [7, 11) is 0. The lowest BCUT2D eigenvalue weighted by atomic mass is 10.0. The number of nitriles is 1. The number of alkyl halides is 3. The van der Waals surface area contributed by atoms with Crippen molar-refractivity contribution in [3.05, 3.63) is 0 Å². The Morgan fingerprint density at radius 2 is 1.94 bits per heavy atom. The van der Waals surface area contributed by atoms with Crippen LogP contribution in [0.1, 0.15) is 25.7 Å². The van der Waals surface area contributed by atoms with Gasteiger partial charge in [-0.05, 0) is 12.8 Å². The molecule has 0 spiro atoms. The summed E-state index contributed by atoms with van der Waals surface area (Å²) < 4.78 is 36.6. The molecule has 0 aromatic rings. The quantitative estimate of drug-likeness (QED) is 0.779. The zero-order valence-electron chi connectivity index (χ0n) is 8.85. The topological polar surface area (TPSA) is 56.0 Å². The molecule has 0 aromatic carbocycles. The van der Waals surface area contributed by atoms with E-state index in [2.05, 4.69) is 5.32 Å². The molecule has 1 saturated carbocycles. The van der Waals surface area contributed by atoms with Crippen molar-refractivity contribution in [2.24, 2.45) is 5.92 Å². The van der Waals surface area contributed by atoms with Gasteiger partial charge < -0.3 is 10.4 Å². The predicted octanol–water partition coefficient (Wildman–Crippen LogP) is 1.58. The molecule has 16 heavy (non-hydrogen) atoms. The van der Waals surface area contributed by atoms with Gasteiger partial charge in [0.05, 0.1) is 11.7 Å². The molecular formula is C10H15F3N2O. The van der Waals surface area contributed by atoms with Crippen LogP contribution in [0.4, 0.5) is 13.2 Å². The highest BCUT2D eigenvalue weighted by molar-refractivity contribution is 4.92. The van der Waals surface area contributed by atoms with Crippen LogP contribution in [-0.2, 0) is 0 Å². The largest absolute Gasteiger partial charge is 0.405 e. The average Bonchev–Trinajstić information content (AvgIpc) is 2.58. The predicted molar refractivity (Wildman–Crippen MR) is 51.4 cm³/mol. The van der Waals surface area contributed by atoms with Gasteiger partial charge in [0.15, 0.2) is 5.92 Å². The van der Waals surface area contributed by atoms with Crippen molar-refractivity contribution < 1.29 is 18.3 Å². The van der Waals surface area contributed by atoms with Gasteiger partial charge in [0.1, 0.15) is 0 Å². The summed E-state index contributed by atoms with van der Waals surface area (Å²) in [6.07, 6.45) is -1.47. The zero-order chi connectivity index (χ0) is 12.2. The first-order valence-electron chi connectivity index (χ1n) is 5.27.